The van der Waals surface area contributed by atoms with Gasteiger partial charge in [-0.1, -0.05) is 26.0 Å². The lowest BCUT2D eigenvalue weighted by molar-refractivity contribution is -0.124. The second kappa shape index (κ2) is 9.44. The summed E-state index contributed by atoms with van der Waals surface area (Å²) in [5, 5.41) is 12.7. The standard InChI is InChI=1S/C20H27N5O3/c1-14(2)20(3,13-21)24-18(26)12-25(9-10-28-4)11-17-22-16-8-6-5-7-15(16)19(27)23-17/h5-8,14H,9-12H2,1-4H3,(H,24,26)(H,22,23,27)/t20-/m1/s1. The van der Waals surface area contributed by atoms with E-state index >= 15 is 0 Å². The molecule has 0 saturated heterocycles. The monoisotopic (exact) mass is 385 g/mol. The fourth-order valence-corrected chi connectivity index (χ4v) is 2.69. The highest BCUT2D eigenvalue weighted by Gasteiger charge is 2.30. The van der Waals surface area contributed by atoms with Crippen LogP contribution in [-0.2, 0) is 16.1 Å². The second-order valence-corrected chi connectivity index (χ2v) is 7.25. The second-order valence-electron chi connectivity index (χ2n) is 7.25. The molecule has 0 spiro atoms. The lowest BCUT2D eigenvalue weighted by atomic mass is 9.90. The maximum absolute atomic E-state index is 12.5. The summed E-state index contributed by atoms with van der Waals surface area (Å²) in [4.78, 5) is 33.9. The molecule has 2 rings (SSSR count). The van der Waals surface area contributed by atoms with Gasteiger partial charge in [0.05, 0.1) is 36.7 Å². The Morgan fingerprint density at radius 3 is 2.79 bits per heavy atom. The van der Waals surface area contributed by atoms with Crippen molar-refractivity contribution in [1.29, 1.82) is 5.26 Å². The van der Waals surface area contributed by atoms with Crippen molar-refractivity contribution in [3.05, 3.63) is 40.4 Å². The number of methoxy groups -OCH3 is 1. The van der Waals surface area contributed by atoms with Crippen LogP contribution in [-0.4, -0.2) is 53.1 Å². The summed E-state index contributed by atoms with van der Waals surface area (Å²) < 4.78 is 5.13. The fraction of sp³-hybridized carbons (Fsp3) is 0.500. The van der Waals surface area contributed by atoms with Crippen LogP contribution in [0.4, 0.5) is 0 Å². The van der Waals surface area contributed by atoms with E-state index in [9.17, 15) is 14.9 Å². The van der Waals surface area contributed by atoms with E-state index < -0.39 is 5.54 Å². The van der Waals surface area contributed by atoms with Crippen LogP contribution < -0.4 is 10.9 Å². The number of hydrogen-bond donors (Lipinski definition) is 2. The van der Waals surface area contributed by atoms with Crippen LogP contribution in [0.5, 0.6) is 0 Å². The SMILES string of the molecule is COCCN(CC(=O)N[C@](C)(C#N)C(C)C)Cc1nc2ccccc2c(=O)[nH]1. The minimum atomic E-state index is -0.945. The van der Waals surface area contributed by atoms with Crippen LogP contribution >= 0.6 is 0 Å². The van der Waals surface area contributed by atoms with Crippen LogP contribution in [0.3, 0.4) is 0 Å². The summed E-state index contributed by atoms with van der Waals surface area (Å²) in [7, 11) is 1.58. The number of carbonyl (C=O) groups excluding carboxylic acids is 1. The minimum Gasteiger partial charge on any atom is -0.383 e. The number of aromatic amines is 1. The molecule has 1 aromatic heterocycles. The number of ether oxygens (including phenoxy) is 1. The van der Waals surface area contributed by atoms with Gasteiger partial charge in [-0.05, 0) is 25.0 Å². The first kappa shape index (κ1) is 21.5. The molecule has 0 bridgehead atoms. The highest BCUT2D eigenvalue weighted by molar-refractivity contribution is 5.79. The van der Waals surface area contributed by atoms with Crippen molar-refractivity contribution in [3.63, 3.8) is 0 Å². The van der Waals surface area contributed by atoms with Gasteiger partial charge in [-0.25, -0.2) is 4.98 Å². The Kier molecular flexibility index (Phi) is 7.26. The zero-order valence-electron chi connectivity index (χ0n) is 16.8. The molecule has 0 radical (unpaired) electrons. The van der Waals surface area contributed by atoms with Crippen LogP contribution in [0.1, 0.15) is 26.6 Å². The van der Waals surface area contributed by atoms with Gasteiger partial charge >= 0.3 is 0 Å². The van der Waals surface area contributed by atoms with Crippen LogP contribution in [0.15, 0.2) is 29.1 Å². The fourth-order valence-electron chi connectivity index (χ4n) is 2.69. The summed E-state index contributed by atoms with van der Waals surface area (Å²) in [6, 6.07) is 9.27. The first-order valence-corrected chi connectivity index (χ1v) is 9.20. The van der Waals surface area contributed by atoms with Gasteiger partial charge in [0.25, 0.3) is 5.56 Å². The van der Waals surface area contributed by atoms with Gasteiger partial charge in [0.15, 0.2) is 0 Å². The Labute approximate surface area is 164 Å². The molecule has 0 aliphatic carbocycles. The van der Waals surface area contributed by atoms with Crippen molar-refractivity contribution in [3.8, 4) is 6.07 Å². The maximum atomic E-state index is 12.5. The lowest BCUT2D eigenvalue weighted by Crippen LogP contribution is -2.52. The zero-order valence-corrected chi connectivity index (χ0v) is 16.8. The van der Waals surface area contributed by atoms with Gasteiger partial charge in [-0.3, -0.25) is 14.5 Å². The van der Waals surface area contributed by atoms with E-state index in [0.717, 1.165) is 0 Å². The van der Waals surface area contributed by atoms with Gasteiger partial charge in [0, 0.05) is 13.7 Å². The molecule has 2 N–H and O–H groups in total. The van der Waals surface area contributed by atoms with E-state index in [1.54, 1.807) is 32.2 Å². The predicted octanol–water partition coefficient (Wildman–Crippen LogP) is 1.43. The Morgan fingerprint density at radius 2 is 2.14 bits per heavy atom. The van der Waals surface area contributed by atoms with Gasteiger partial charge in [0.1, 0.15) is 11.4 Å². The average molecular weight is 385 g/mol. The topological polar surface area (TPSA) is 111 Å². The molecule has 8 nitrogen and oxygen atoms in total. The number of nitrogens with zero attached hydrogens (tertiary/aromatic N) is 3. The molecular formula is C20H27N5O3. The Balaban J connectivity index is 2.17. The van der Waals surface area contributed by atoms with Gasteiger partial charge in [-0.2, -0.15) is 5.26 Å². The quantitative estimate of drug-likeness (QED) is 0.675. The van der Waals surface area contributed by atoms with Crippen molar-refractivity contribution in [1.82, 2.24) is 20.2 Å². The predicted molar refractivity (Wildman–Crippen MR) is 107 cm³/mol. The number of fused-ring (bicyclic) bond motifs is 1. The largest absolute Gasteiger partial charge is 0.383 e. The molecule has 28 heavy (non-hydrogen) atoms. The van der Waals surface area contributed by atoms with Crippen LogP contribution in [0, 0.1) is 17.2 Å². The number of nitriles is 1. The molecule has 2 aromatic rings. The number of aromatic nitrogens is 2. The number of amides is 1. The van der Waals surface area contributed by atoms with E-state index in [-0.39, 0.29) is 30.5 Å². The summed E-state index contributed by atoms with van der Waals surface area (Å²) >= 11 is 0. The van der Waals surface area contributed by atoms with E-state index in [2.05, 4.69) is 21.4 Å². The van der Waals surface area contributed by atoms with Crippen molar-refractivity contribution in [2.75, 3.05) is 26.8 Å². The van der Waals surface area contributed by atoms with Gasteiger partial charge < -0.3 is 15.0 Å². The van der Waals surface area contributed by atoms with Gasteiger partial charge in [0.2, 0.25) is 5.91 Å². The Bertz CT molecular complexity index is 918. The number of para-hydroxylation sites is 1. The highest BCUT2D eigenvalue weighted by atomic mass is 16.5. The first-order chi connectivity index (χ1) is 13.3. The third-order valence-electron chi connectivity index (χ3n) is 4.80. The molecule has 0 aliphatic heterocycles. The molecular weight excluding hydrogens is 358 g/mol. The normalized spacial score (nSPS) is 13.5. The smallest absolute Gasteiger partial charge is 0.258 e. The summed E-state index contributed by atoms with van der Waals surface area (Å²) in [5.41, 5.74) is -0.553. The maximum Gasteiger partial charge on any atom is 0.258 e. The molecule has 1 heterocycles. The number of nitrogens with one attached hydrogen (secondary N) is 2. The summed E-state index contributed by atoms with van der Waals surface area (Å²) in [6.45, 7) is 6.71. The number of benzene rings is 1. The van der Waals surface area contributed by atoms with Crippen LogP contribution in [0.2, 0.25) is 0 Å². The van der Waals surface area contributed by atoms with Crippen molar-refractivity contribution in [2.45, 2.75) is 32.9 Å². The zero-order chi connectivity index (χ0) is 20.7. The number of hydrogen-bond acceptors (Lipinski definition) is 6. The molecule has 150 valence electrons. The molecule has 8 heteroatoms. The van der Waals surface area contributed by atoms with E-state index in [0.29, 0.717) is 29.9 Å². The minimum absolute atomic E-state index is 0.0348. The lowest BCUT2D eigenvalue weighted by Gasteiger charge is -2.29. The molecule has 1 amide bonds. The number of H-pyrrole nitrogens is 1. The molecule has 0 aliphatic rings. The summed E-state index contributed by atoms with van der Waals surface area (Å²) in [5.74, 6) is 0.170. The van der Waals surface area contributed by atoms with E-state index in [1.807, 2.05) is 24.8 Å². The molecule has 0 fully saturated rings. The Hall–Kier alpha value is -2.76. The third-order valence-corrected chi connectivity index (χ3v) is 4.80. The number of carbonyl (C=O) groups is 1. The molecule has 1 atom stereocenters. The highest BCUT2D eigenvalue weighted by Crippen LogP contribution is 2.15. The van der Waals surface area contributed by atoms with Crippen molar-refractivity contribution in [2.24, 2.45) is 5.92 Å². The molecule has 0 saturated carbocycles. The third kappa shape index (κ3) is 5.38. The number of rotatable bonds is 9. The van der Waals surface area contributed by atoms with E-state index in [1.165, 1.54) is 0 Å². The average Bonchev–Trinajstić information content (AvgIpc) is 2.65. The van der Waals surface area contributed by atoms with Crippen molar-refractivity contribution < 1.29 is 9.53 Å². The Morgan fingerprint density at radius 1 is 1.43 bits per heavy atom. The first-order valence-electron chi connectivity index (χ1n) is 9.20. The molecule has 0 unspecified atom stereocenters. The summed E-state index contributed by atoms with van der Waals surface area (Å²) in [6.07, 6.45) is 0. The van der Waals surface area contributed by atoms with Crippen molar-refractivity contribution >= 4 is 16.8 Å². The van der Waals surface area contributed by atoms with E-state index in [4.69, 9.17) is 4.74 Å². The van der Waals surface area contributed by atoms with Crippen LogP contribution in [0.25, 0.3) is 10.9 Å². The van der Waals surface area contributed by atoms with Gasteiger partial charge in [-0.15, -0.1) is 0 Å². The molecule has 1 aromatic carbocycles.